The summed E-state index contributed by atoms with van der Waals surface area (Å²) in [6.45, 7) is 4.87. The molecule has 5 heteroatoms. The number of aromatic amines is 1. The van der Waals surface area contributed by atoms with Crippen molar-refractivity contribution < 1.29 is 4.74 Å². The molecule has 0 aliphatic rings. The van der Waals surface area contributed by atoms with Crippen LogP contribution in [0.25, 0.3) is 11.3 Å². The molecule has 0 saturated heterocycles. The van der Waals surface area contributed by atoms with E-state index in [1.807, 2.05) is 13.1 Å². The molecule has 0 unspecified atom stereocenters. The first-order valence-electron chi connectivity index (χ1n) is 6.11. The molecule has 2 rings (SSSR count). The Hall–Kier alpha value is -1.33. The molecule has 0 atom stereocenters. The molecule has 1 aromatic heterocycles. The summed E-state index contributed by atoms with van der Waals surface area (Å²) in [5.41, 5.74) is 5.28. The number of hydrogen-bond acceptors (Lipinski definition) is 3. The molecule has 0 amide bonds. The molecule has 0 spiro atoms. The summed E-state index contributed by atoms with van der Waals surface area (Å²) in [6, 6.07) is 4.16. The molecule has 1 aromatic carbocycles. The molecular weight excluding hydrogens is 306 g/mol. The Labute approximate surface area is 121 Å². The van der Waals surface area contributed by atoms with Crippen molar-refractivity contribution >= 4 is 15.9 Å². The fourth-order valence-electron chi connectivity index (χ4n) is 2.22. The first-order chi connectivity index (χ1) is 9.08. The second-order valence-corrected chi connectivity index (χ2v) is 5.35. The van der Waals surface area contributed by atoms with E-state index < -0.39 is 0 Å². The topological polar surface area (TPSA) is 49.9 Å². The van der Waals surface area contributed by atoms with Gasteiger partial charge in [0.05, 0.1) is 17.3 Å². The molecule has 2 N–H and O–H groups in total. The van der Waals surface area contributed by atoms with Crippen LogP contribution in [-0.4, -0.2) is 24.4 Å². The zero-order chi connectivity index (χ0) is 14.0. The average molecular weight is 324 g/mol. The summed E-state index contributed by atoms with van der Waals surface area (Å²) < 4.78 is 6.47. The third kappa shape index (κ3) is 2.67. The summed E-state index contributed by atoms with van der Waals surface area (Å²) in [5.74, 6) is 0.848. The highest BCUT2D eigenvalue weighted by Gasteiger charge is 2.18. The predicted octanol–water partition coefficient (Wildman–Crippen LogP) is 3.18. The molecule has 19 heavy (non-hydrogen) atoms. The maximum atomic E-state index is 5.50. The molecule has 0 saturated carbocycles. The third-order valence-corrected chi connectivity index (χ3v) is 3.88. The smallest absolute Gasteiger partial charge is 0.128 e. The number of methoxy groups -OCH3 is 1. The van der Waals surface area contributed by atoms with Crippen LogP contribution in [0.4, 0.5) is 0 Å². The van der Waals surface area contributed by atoms with Crippen molar-refractivity contribution in [3.8, 4) is 17.0 Å². The van der Waals surface area contributed by atoms with E-state index in [1.165, 1.54) is 5.56 Å². The Morgan fingerprint density at radius 1 is 1.37 bits per heavy atom. The molecule has 2 aromatic rings. The van der Waals surface area contributed by atoms with Crippen LogP contribution in [0.15, 0.2) is 16.6 Å². The van der Waals surface area contributed by atoms with Gasteiger partial charge in [-0.05, 0) is 54.0 Å². The second kappa shape index (κ2) is 5.75. The van der Waals surface area contributed by atoms with Crippen molar-refractivity contribution in [2.24, 2.45) is 0 Å². The number of nitrogens with zero attached hydrogens (tertiary/aromatic N) is 1. The number of H-pyrrole nitrogens is 1. The van der Waals surface area contributed by atoms with Crippen LogP contribution in [0.5, 0.6) is 5.75 Å². The van der Waals surface area contributed by atoms with E-state index in [4.69, 9.17) is 4.74 Å². The van der Waals surface area contributed by atoms with Gasteiger partial charge in [0.15, 0.2) is 0 Å². The van der Waals surface area contributed by atoms with E-state index in [1.54, 1.807) is 7.11 Å². The third-order valence-electron chi connectivity index (χ3n) is 3.03. The minimum Gasteiger partial charge on any atom is -0.496 e. The number of aryl methyl sites for hydroxylation is 2. The number of hydrogen-bond donors (Lipinski definition) is 2. The number of rotatable bonds is 4. The monoisotopic (exact) mass is 323 g/mol. The van der Waals surface area contributed by atoms with Crippen molar-refractivity contribution in [1.82, 2.24) is 15.5 Å². The van der Waals surface area contributed by atoms with E-state index >= 15 is 0 Å². The van der Waals surface area contributed by atoms with Crippen molar-refractivity contribution in [2.75, 3.05) is 14.2 Å². The Bertz CT molecular complexity index is 593. The summed E-state index contributed by atoms with van der Waals surface area (Å²) in [6.07, 6.45) is 0. The lowest BCUT2D eigenvalue weighted by molar-refractivity contribution is 0.415. The van der Waals surface area contributed by atoms with Gasteiger partial charge in [0.2, 0.25) is 0 Å². The van der Waals surface area contributed by atoms with E-state index in [9.17, 15) is 0 Å². The van der Waals surface area contributed by atoms with Crippen molar-refractivity contribution in [3.63, 3.8) is 0 Å². The Morgan fingerprint density at radius 3 is 2.74 bits per heavy atom. The molecule has 4 nitrogen and oxygen atoms in total. The van der Waals surface area contributed by atoms with Gasteiger partial charge < -0.3 is 10.1 Å². The van der Waals surface area contributed by atoms with Gasteiger partial charge in [-0.15, -0.1) is 0 Å². The summed E-state index contributed by atoms with van der Waals surface area (Å²) in [4.78, 5) is 0. The maximum Gasteiger partial charge on any atom is 0.128 e. The molecular formula is C14H18BrN3O. The number of aromatic nitrogens is 2. The summed E-state index contributed by atoms with van der Waals surface area (Å²) >= 11 is 3.62. The SMILES string of the molecule is CNCc1[nH]nc(-c2c(C)cc(C)cc2OC)c1Br. The highest BCUT2D eigenvalue weighted by atomic mass is 79.9. The van der Waals surface area contributed by atoms with Crippen LogP contribution in [0, 0.1) is 13.8 Å². The van der Waals surface area contributed by atoms with Crippen LogP contribution in [0.3, 0.4) is 0 Å². The first-order valence-corrected chi connectivity index (χ1v) is 6.90. The highest BCUT2D eigenvalue weighted by molar-refractivity contribution is 9.10. The maximum absolute atomic E-state index is 5.50. The molecule has 0 bridgehead atoms. The zero-order valence-electron chi connectivity index (χ0n) is 11.6. The molecule has 0 aliphatic carbocycles. The molecule has 0 fully saturated rings. The quantitative estimate of drug-likeness (QED) is 0.908. The molecule has 102 valence electrons. The standard InChI is InChI=1S/C14H18BrN3O/c1-8-5-9(2)12(11(6-8)19-4)14-13(15)10(7-16-3)17-18-14/h5-6,16H,7H2,1-4H3,(H,17,18). The lowest BCUT2D eigenvalue weighted by Crippen LogP contribution is -2.05. The number of ether oxygens (including phenoxy) is 1. The second-order valence-electron chi connectivity index (χ2n) is 4.55. The van der Waals surface area contributed by atoms with E-state index in [0.29, 0.717) is 0 Å². The molecule has 1 heterocycles. The predicted molar refractivity (Wildman–Crippen MR) is 80.5 cm³/mol. The van der Waals surface area contributed by atoms with Crippen LogP contribution in [0.2, 0.25) is 0 Å². The lowest BCUT2D eigenvalue weighted by Gasteiger charge is -2.11. The highest BCUT2D eigenvalue weighted by Crippen LogP contribution is 2.38. The fraction of sp³-hybridized carbons (Fsp3) is 0.357. The summed E-state index contributed by atoms with van der Waals surface area (Å²) in [7, 11) is 3.59. The van der Waals surface area contributed by atoms with Crippen LogP contribution >= 0.6 is 15.9 Å². The minimum atomic E-state index is 0.737. The fourth-order valence-corrected chi connectivity index (χ4v) is 2.73. The lowest BCUT2D eigenvalue weighted by atomic mass is 10.0. The molecule has 0 aliphatic heterocycles. The van der Waals surface area contributed by atoms with Crippen LogP contribution in [-0.2, 0) is 6.54 Å². The van der Waals surface area contributed by atoms with Gasteiger partial charge in [0.25, 0.3) is 0 Å². The molecule has 0 radical (unpaired) electrons. The van der Waals surface area contributed by atoms with Gasteiger partial charge in [0.1, 0.15) is 11.4 Å². The van der Waals surface area contributed by atoms with Crippen LogP contribution < -0.4 is 10.1 Å². The van der Waals surface area contributed by atoms with E-state index in [-0.39, 0.29) is 0 Å². The summed E-state index contributed by atoms with van der Waals surface area (Å²) in [5, 5.41) is 10.6. The van der Waals surface area contributed by atoms with Gasteiger partial charge in [-0.3, -0.25) is 5.10 Å². The van der Waals surface area contributed by atoms with Gasteiger partial charge in [-0.1, -0.05) is 6.07 Å². The van der Waals surface area contributed by atoms with Crippen molar-refractivity contribution in [1.29, 1.82) is 0 Å². The largest absolute Gasteiger partial charge is 0.496 e. The van der Waals surface area contributed by atoms with Gasteiger partial charge in [-0.25, -0.2) is 0 Å². The van der Waals surface area contributed by atoms with Crippen molar-refractivity contribution in [3.05, 3.63) is 33.4 Å². The number of halogens is 1. The average Bonchev–Trinajstić information content (AvgIpc) is 2.71. The van der Waals surface area contributed by atoms with Crippen LogP contribution in [0.1, 0.15) is 16.8 Å². The van der Waals surface area contributed by atoms with Crippen molar-refractivity contribution in [2.45, 2.75) is 20.4 Å². The first kappa shape index (κ1) is 14.1. The van der Waals surface area contributed by atoms with Gasteiger partial charge >= 0.3 is 0 Å². The Kier molecular flexibility index (Phi) is 4.27. The number of nitrogens with one attached hydrogen (secondary N) is 2. The number of benzene rings is 1. The minimum absolute atomic E-state index is 0.737. The zero-order valence-corrected chi connectivity index (χ0v) is 13.2. The normalized spacial score (nSPS) is 10.8. The van der Waals surface area contributed by atoms with E-state index in [0.717, 1.165) is 39.3 Å². The van der Waals surface area contributed by atoms with Gasteiger partial charge in [-0.2, -0.15) is 5.10 Å². The Balaban J connectivity index is 2.58. The van der Waals surface area contributed by atoms with Gasteiger partial charge in [0, 0.05) is 12.1 Å². The Morgan fingerprint density at radius 2 is 2.11 bits per heavy atom. The van der Waals surface area contributed by atoms with E-state index in [2.05, 4.69) is 51.4 Å².